The van der Waals surface area contributed by atoms with E-state index in [1.165, 1.54) is 0 Å². The lowest BCUT2D eigenvalue weighted by atomic mass is 9.90. The predicted octanol–water partition coefficient (Wildman–Crippen LogP) is 5.91. The van der Waals surface area contributed by atoms with Gasteiger partial charge in [-0.05, 0) is 41.8 Å². The van der Waals surface area contributed by atoms with Crippen molar-refractivity contribution in [1.29, 1.82) is 0 Å². The molecular weight excluding hydrogens is 379 g/mol. The molecule has 138 valence electrons. The highest BCUT2D eigenvalue weighted by atomic mass is 35.5. The molecule has 27 heavy (non-hydrogen) atoms. The first-order valence-electron chi connectivity index (χ1n) is 8.54. The molecule has 6 heteroatoms. The third-order valence-electron chi connectivity index (χ3n) is 4.28. The zero-order chi connectivity index (χ0) is 19.6. The van der Waals surface area contributed by atoms with Gasteiger partial charge in [0.15, 0.2) is 5.84 Å². The van der Waals surface area contributed by atoms with Crippen LogP contribution in [-0.4, -0.2) is 24.6 Å². The maximum Gasteiger partial charge on any atom is 0.151 e. The zero-order valence-electron chi connectivity index (χ0n) is 15.4. The van der Waals surface area contributed by atoms with Crippen molar-refractivity contribution in [1.82, 2.24) is 10.4 Å². The Kier molecular flexibility index (Phi) is 5.78. The van der Waals surface area contributed by atoms with Gasteiger partial charge in [-0.1, -0.05) is 49.2 Å². The van der Waals surface area contributed by atoms with Crippen LogP contribution >= 0.6 is 23.2 Å². The van der Waals surface area contributed by atoms with E-state index in [0.717, 1.165) is 33.3 Å². The molecule has 1 heterocycles. The molecule has 3 rings (SSSR count). The summed E-state index contributed by atoms with van der Waals surface area (Å²) >= 11 is 12.6. The average Bonchev–Trinajstić information content (AvgIpc) is 2.64. The van der Waals surface area contributed by atoms with Crippen LogP contribution in [0.3, 0.4) is 0 Å². The molecular formula is C21H20Cl2N4. The topological polar surface area (TPSA) is 49.6 Å². The molecule has 0 aliphatic heterocycles. The molecule has 4 nitrogen and oxygen atoms in total. The fourth-order valence-electron chi connectivity index (χ4n) is 3.15. The van der Waals surface area contributed by atoms with E-state index < -0.39 is 0 Å². The van der Waals surface area contributed by atoms with Gasteiger partial charge in [0, 0.05) is 40.3 Å². The lowest BCUT2D eigenvalue weighted by molar-refractivity contribution is 0.824. The monoisotopic (exact) mass is 398 g/mol. The van der Waals surface area contributed by atoms with Crippen LogP contribution in [0.4, 0.5) is 0 Å². The highest BCUT2D eigenvalue weighted by Gasteiger charge is 2.22. The number of hydrazone groups is 1. The number of rotatable bonds is 4. The predicted molar refractivity (Wildman–Crippen MR) is 116 cm³/mol. The molecule has 2 aromatic carbocycles. The van der Waals surface area contributed by atoms with Gasteiger partial charge in [0.1, 0.15) is 0 Å². The quantitative estimate of drug-likeness (QED) is 0.337. The van der Waals surface area contributed by atoms with E-state index in [0.29, 0.717) is 15.9 Å². The molecule has 1 N–H and O–H groups in total. The van der Waals surface area contributed by atoms with Crippen molar-refractivity contribution in [2.75, 3.05) is 7.05 Å². The van der Waals surface area contributed by atoms with Crippen molar-refractivity contribution in [2.24, 2.45) is 10.1 Å². The number of nitrogens with zero attached hydrogens (tertiary/aromatic N) is 3. The first-order valence-corrected chi connectivity index (χ1v) is 9.29. The molecule has 0 saturated carbocycles. The van der Waals surface area contributed by atoms with Gasteiger partial charge in [0.05, 0.1) is 11.2 Å². The van der Waals surface area contributed by atoms with Crippen LogP contribution in [0.25, 0.3) is 22.0 Å². The van der Waals surface area contributed by atoms with Gasteiger partial charge < -0.3 is 0 Å². The van der Waals surface area contributed by atoms with Crippen LogP contribution in [0.5, 0.6) is 0 Å². The minimum atomic E-state index is 0.168. The Morgan fingerprint density at radius 2 is 1.85 bits per heavy atom. The first kappa shape index (κ1) is 19.3. The van der Waals surface area contributed by atoms with E-state index >= 15 is 0 Å². The summed E-state index contributed by atoms with van der Waals surface area (Å²) in [6.07, 6.45) is 0. The molecule has 1 aromatic heterocycles. The van der Waals surface area contributed by atoms with Gasteiger partial charge in [-0.25, -0.2) is 0 Å². The molecule has 0 saturated heterocycles. The Labute approximate surface area is 168 Å². The van der Waals surface area contributed by atoms with Crippen LogP contribution < -0.4 is 5.43 Å². The van der Waals surface area contributed by atoms with Crippen molar-refractivity contribution in [3.63, 3.8) is 0 Å². The molecule has 0 fully saturated rings. The molecule has 0 bridgehead atoms. The van der Waals surface area contributed by atoms with Gasteiger partial charge in [-0.15, -0.1) is 0 Å². The average molecular weight is 399 g/mol. The number of aliphatic imine (C=N–C) groups is 1. The summed E-state index contributed by atoms with van der Waals surface area (Å²) in [5.41, 5.74) is 7.48. The van der Waals surface area contributed by atoms with Crippen molar-refractivity contribution in [3.8, 4) is 11.1 Å². The van der Waals surface area contributed by atoms with Crippen LogP contribution in [0.1, 0.15) is 31.0 Å². The fourth-order valence-corrected chi connectivity index (χ4v) is 3.51. The summed E-state index contributed by atoms with van der Waals surface area (Å²) in [6, 6.07) is 13.4. The summed E-state index contributed by atoms with van der Waals surface area (Å²) in [6.45, 7) is 7.74. The second-order valence-corrected chi connectivity index (χ2v) is 7.29. The molecule has 0 unspecified atom stereocenters. The summed E-state index contributed by atoms with van der Waals surface area (Å²) < 4.78 is 0. The smallest absolute Gasteiger partial charge is 0.151 e. The molecule has 0 amide bonds. The number of fused-ring (bicyclic) bond motifs is 1. The van der Waals surface area contributed by atoms with Gasteiger partial charge in [0.2, 0.25) is 0 Å². The molecule has 0 radical (unpaired) electrons. The summed E-state index contributed by atoms with van der Waals surface area (Å²) in [7, 11) is 1.71. The SMILES string of the molecule is C=NNC(=NC)c1c(C(C)C)nc2ccc(Cl)cc2c1-c1cccc(Cl)c1. The minimum absolute atomic E-state index is 0.168. The van der Waals surface area contributed by atoms with E-state index in [-0.39, 0.29) is 5.92 Å². The van der Waals surface area contributed by atoms with E-state index in [9.17, 15) is 0 Å². The van der Waals surface area contributed by atoms with Crippen molar-refractivity contribution in [2.45, 2.75) is 19.8 Å². The molecule has 0 aliphatic carbocycles. The molecule has 0 atom stereocenters. The van der Waals surface area contributed by atoms with Crippen molar-refractivity contribution >= 4 is 46.7 Å². The Balaban J connectivity index is 2.53. The Hall–Kier alpha value is -2.43. The maximum absolute atomic E-state index is 6.31. The van der Waals surface area contributed by atoms with E-state index in [1.807, 2.05) is 42.5 Å². The second-order valence-electron chi connectivity index (χ2n) is 6.42. The Morgan fingerprint density at radius 1 is 1.11 bits per heavy atom. The Bertz CT molecular complexity index is 1040. The molecule has 3 aromatic rings. The second kappa shape index (κ2) is 8.07. The number of nitrogens with one attached hydrogen (secondary N) is 1. The summed E-state index contributed by atoms with van der Waals surface area (Å²) in [5.74, 6) is 0.763. The molecule has 0 aliphatic rings. The number of hydrogen-bond acceptors (Lipinski definition) is 3. The van der Waals surface area contributed by atoms with Crippen molar-refractivity contribution < 1.29 is 0 Å². The summed E-state index contributed by atoms with van der Waals surface area (Å²) in [5, 5.41) is 6.04. The number of hydrogen-bond donors (Lipinski definition) is 1. The number of aromatic nitrogens is 1. The largest absolute Gasteiger partial charge is 0.270 e. The maximum atomic E-state index is 6.31. The van der Waals surface area contributed by atoms with Crippen LogP contribution in [0, 0.1) is 0 Å². The zero-order valence-corrected chi connectivity index (χ0v) is 16.9. The van der Waals surface area contributed by atoms with E-state index in [2.05, 4.69) is 36.1 Å². The lowest BCUT2D eigenvalue weighted by Crippen LogP contribution is -2.22. The number of halogens is 2. The van der Waals surface area contributed by atoms with Crippen LogP contribution in [0.2, 0.25) is 10.0 Å². The highest BCUT2D eigenvalue weighted by molar-refractivity contribution is 6.32. The Morgan fingerprint density at radius 3 is 2.48 bits per heavy atom. The normalized spacial score (nSPS) is 11.9. The van der Waals surface area contributed by atoms with E-state index in [4.69, 9.17) is 28.2 Å². The van der Waals surface area contributed by atoms with Crippen LogP contribution in [-0.2, 0) is 0 Å². The first-order chi connectivity index (χ1) is 13.0. The minimum Gasteiger partial charge on any atom is -0.270 e. The van der Waals surface area contributed by atoms with Crippen LogP contribution in [0.15, 0.2) is 52.6 Å². The molecule has 0 spiro atoms. The third kappa shape index (κ3) is 3.82. The van der Waals surface area contributed by atoms with Crippen molar-refractivity contribution in [3.05, 3.63) is 63.8 Å². The van der Waals surface area contributed by atoms with Gasteiger partial charge in [-0.3, -0.25) is 15.4 Å². The van der Waals surface area contributed by atoms with Gasteiger partial charge in [0.25, 0.3) is 0 Å². The lowest BCUT2D eigenvalue weighted by Gasteiger charge is -2.20. The summed E-state index contributed by atoms with van der Waals surface area (Å²) in [4.78, 5) is 9.30. The third-order valence-corrected chi connectivity index (χ3v) is 4.75. The fraction of sp³-hybridized carbons (Fsp3) is 0.190. The van der Waals surface area contributed by atoms with E-state index in [1.54, 1.807) is 7.05 Å². The van der Waals surface area contributed by atoms with Gasteiger partial charge >= 0.3 is 0 Å². The number of benzene rings is 2. The number of amidine groups is 1. The number of pyridine rings is 1. The highest BCUT2D eigenvalue weighted by Crippen LogP contribution is 2.37. The van der Waals surface area contributed by atoms with Gasteiger partial charge in [-0.2, -0.15) is 5.10 Å². The standard InChI is InChI=1S/C21H20Cl2N4/c1-12(2)20-19(21(24-3)27-25-4)18(13-6-5-7-14(22)10-13)16-11-15(23)8-9-17(16)26-20/h5-12H,4H2,1-3H3,(H,24,27).